The minimum atomic E-state index is -4.41. The zero-order valence-corrected chi connectivity index (χ0v) is 58.9. The van der Waals surface area contributed by atoms with E-state index in [0.29, 0.717) is 17.4 Å². The minimum absolute atomic E-state index is 0.0218. The van der Waals surface area contributed by atoms with Crippen molar-refractivity contribution in [1.82, 2.24) is 0 Å². The number of phosphoric acid groups is 1. The second kappa shape index (κ2) is 68.7. The Kier molecular flexibility index (Phi) is 65.2. The van der Waals surface area contributed by atoms with E-state index in [4.69, 9.17) is 18.5 Å². The fraction of sp³-hybridized carbons (Fsp3) is 0.625. The lowest BCUT2D eigenvalue weighted by Crippen LogP contribution is -2.37. The van der Waals surface area contributed by atoms with Gasteiger partial charge in [-0.25, -0.2) is 4.57 Å². The first kappa shape index (κ1) is 85.4. The van der Waals surface area contributed by atoms with E-state index in [1.165, 1.54) is 96.3 Å². The molecule has 0 heterocycles. The zero-order chi connectivity index (χ0) is 65.5. The number of hydrogen-bond acceptors (Lipinski definition) is 7. The second-order valence-electron chi connectivity index (χ2n) is 24.5. The van der Waals surface area contributed by atoms with Crippen LogP contribution in [-0.2, 0) is 32.7 Å². The Bertz CT molecular complexity index is 2130. The number of hydrogen-bond donors (Lipinski definition) is 1. The summed E-state index contributed by atoms with van der Waals surface area (Å²) in [5, 5.41) is 0. The third-order valence-corrected chi connectivity index (χ3v) is 15.7. The van der Waals surface area contributed by atoms with Crippen LogP contribution in [0, 0.1) is 0 Å². The van der Waals surface area contributed by atoms with Crippen LogP contribution in [0.25, 0.3) is 0 Å². The molecular formula is C80H133NO8P+. The molecule has 0 aliphatic carbocycles. The molecule has 2 unspecified atom stereocenters. The number of carbonyl (C=O) groups excluding carboxylic acids is 2. The Morgan fingerprint density at radius 1 is 0.344 bits per heavy atom. The van der Waals surface area contributed by atoms with E-state index in [9.17, 15) is 19.0 Å². The predicted molar refractivity (Wildman–Crippen MR) is 389 cm³/mol. The molecule has 0 amide bonds. The Morgan fingerprint density at radius 2 is 0.600 bits per heavy atom. The summed E-state index contributed by atoms with van der Waals surface area (Å²) in [5.41, 5.74) is 0. The van der Waals surface area contributed by atoms with Gasteiger partial charge < -0.3 is 18.9 Å². The molecule has 0 aliphatic heterocycles. The fourth-order valence-electron chi connectivity index (χ4n) is 9.33. The van der Waals surface area contributed by atoms with Gasteiger partial charge in [-0.1, -0.05) is 300 Å². The maximum atomic E-state index is 12.9. The highest BCUT2D eigenvalue weighted by atomic mass is 31.2. The average Bonchev–Trinajstić information content (AvgIpc) is 3.58. The molecule has 0 rings (SSSR count). The number of phosphoric ester groups is 1. The number of unbranched alkanes of at least 4 members (excludes halogenated alkanes) is 22. The smallest absolute Gasteiger partial charge is 0.462 e. The van der Waals surface area contributed by atoms with Crippen molar-refractivity contribution in [2.24, 2.45) is 0 Å². The molecule has 2 atom stereocenters. The number of rotatable bonds is 64. The molecule has 0 saturated carbocycles. The SMILES string of the molecule is CC/C=C\C/C=C\C/C=C\C/C=C\C/C=C\C/C=C\C/C=C\CCCCCCCCCCCCCCCCCC(=O)OC(COC(=O)CCCCCCCCC/C=C\C/C=C\C/C=C\C/C=C\C/C=C\C/C=C\C/C=C\CC)COP(=O)(O)OCC[N+](C)(C)C. The van der Waals surface area contributed by atoms with Gasteiger partial charge in [-0.05, 0) is 128 Å². The van der Waals surface area contributed by atoms with Crippen LogP contribution in [0.3, 0.4) is 0 Å². The molecule has 0 aliphatic rings. The van der Waals surface area contributed by atoms with Crippen molar-refractivity contribution in [2.75, 3.05) is 47.5 Å². The van der Waals surface area contributed by atoms with E-state index in [-0.39, 0.29) is 32.0 Å². The van der Waals surface area contributed by atoms with Crippen LogP contribution in [0.1, 0.15) is 271 Å². The number of ether oxygens (including phenoxy) is 2. The Morgan fingerprint density at radius 3 is 0.889 bits per heavy atom. The van der Waals surface area contributed by atoms with E-state index < -0.39 is 26.5 Å². The van der Waals surface area contributed by atoms with Gasteiger partial charge in [0, 0.05) is 12.8 Å². The lowest BCUT2D eigenvalue weighted by Gasteiger charge is -2.24. The lowest BCUT2D eigenvalue weighted by molar-refractivity contribution is -0.870. The molecular weight excluding hydrogens is 1130 g/mol. The first-order valence-electron chi connectivity index (χ1n) is 35.9. The summed E-state index contributed by atoms with van der Waals surface area (Å²) >= 11 is 0. The number of allylic oxidation sites excluding steroid dienone is 28. The normalized spacial score (nSPS) is 14.2. The largest absolute Gasteiger partial charge is 0.472 e. The van der Waals surface area contributed by atoms with E-state index in [2.05, 4.69) is 184 Å². The molecule has 0 radical (unpaired) electrons. The molecule has 510 valence electrons. The van der Waals surface area contributed by atoms with Gasteiger partial charge in [0.1, 0.15) is 19.8 Å². The van der Waals surface area contributed by atoms with Crippen LogP contribution in [-0.4, -0.2) is 74.9 Å². The highest BCUT2D eigenvalue weighted by molar-refractivity contribution is 7.47. The Labute approximate surface area is 553 Å². The highest BCUT2D eigenvalue weighted by Gasteiger charge is 2.27. The van der Waals surface area contributed by atoms with Crippen LogP contribution in [0.2, 0.25) is 0 Å². The monoisotopic (exact) mass is 1270 g/mol. The van der Waals surface area contributed by atoms with E-state index in [0.717, 1.165) is 141 Å². The van der Waals surface area contributed by atoms with Gasteiger partial charge in [0.25, 0.3) is 0 Å². The van der Waals surface area contributed by atoms with Gasteiger partial charge in [0.15, 0.2) is 6.10 Å². The zero-order valence-electron chi connectivity index (χ0n) is 58.1. The standard InChI is InChI=1S/C80H132NO8P/c1-6-8-10-12-14-16-18-20-22-24-26-28-30-32-34-36-37-38-39-40-41-42-43-45-47-49-51-53-55-57-59-61-63-65-67-69-71-73-80(83)89-78(77-88-90(84,85)87-75-74-81(3,4)5)76-86-79(82)72-70-68-66-64-62-60-58-56-54-52-50-48-46-44-35-33-31-29-27-25-23-21-19-17-15-13-11-9-7-2/h8-11,14-17,20-23,26-29,32-35,37-38,40-41,46,48,52,54,78H,6-7,12-13,18-19,24-25,30-31,36,39,42-45,47,49-51,53,55-77H2,1-5H3/p+1/b10-8-,11-9-,16-14-,17-15-,22-20-,23-21-,28-26-,29-27-,34-32-,35-33-,38-37-,41-40-,48-46-,54-52-. The first-order chi connectivity index (χ1) is 44.0. The molecule has 90 heavy (non-hydrogen) atoms. The van der Waals surface area contributed by atoms with Crippen molar-refractivity contribution in [3.63, 3.8) is 0 Å². The first-order valence-corrected chi connectivity index (χ1v) is 37.4. The Balaban J connectivity index is 4.10. The molecule has 10 heteroatoms. The van der Waals surface area contributed by atoms with Crippen molar-refractivity contribution in [3.05, 3.63) is 170 Å². The van der Waals surface area contributed by atoms with Crippen molar-refractivity contribution < 1.29 is 42.1 Å². The van der Waals surface area contributed by atoms with Gasteiger partial charge >= 0.3 is 19.8 Å². The summed E-state index contributed by atoms with van der Waals surface area (Å²) in [6, 6.07) is 0. The van der Waals surface area contributed by atoms with E-state index in [1.807, 2.05) is 21.1 Å². The molecule has 0 aromatic carbocycles. The maximum Gasteiger partial charge on any atom is 0.472 e. The predicted octanol–water partition coefficient (Wildman–Crippen LogP) is 23.7. The van der Waals surface area contributed by atoms with Gasteiger partial charge in [-0.15, -0.1) is 0 Å². The van der Waals surface area contributed by atoms with Gasteiger partial charge in [-0.2, -0.15) is 0 Å². The Hall–Kier alpha value is -4.63. The third kappa shape index (κ3) is 72.4. The number of quaternary nitrogens is 1. The van der Waals surface area contributed by atoms with E-state index >= 15 is 0 Å². The van der Waals surface area contributed by atoms with Gasteiger partial charge in [-0.3, -0.25) is 18.6 Å². The molecule has 1 N–H and O–H groups in total. The van der Waals surface area contributed by atoms with Crippen LogP contribution in [0.15, 0.2) is 170 Å². The van der Waals surface area contributed by atoms with Crippen LogP contribution < -0.4 is 0 Å². The number of nitrogens with zero attached hydrogens (tertiary/aromatic N) is 1. The van der Waals surface area contributed by atoms with Gasteiger partial charge in [0.05, 0.1) is 27.7 Å². The summed E-state index contributed by atoms with van der Waals surface area (Å²) in [4.78, 5) is 35.9. The molecule has 0 aromatic rings. The van der Waals surface area contributed by atoms with Crippen molar-refractivity contribution >= 4 is 19.8 Å². The van der Waals surface area contributed by atoms with E-state index in [1.54, 1.807) is 0 Å². The van der Waals surface area contributed by atoms with Crippen LogP contribution in [0.5, 0.6) is 0 Å². The van der Waals surface area contributed by atoms with Gasteiger partial charge in [0.2, 0.25) is 0 Å². The summed E-state index contributed by atoms with van der Waals surface area (Å²) < 4.78 is 34.7. The van der Waals surface area contributed by atoms with Crippen molar-refractivity contribution in [3.8, 4) is 0 Å². The molecule has 0 aromatic heterocycles. The number of carbonyl (C=O) groups is 2. The summed E-state index contributed by atoms with van der Waals surface area (Å²) in [7, 11) is 1.45. The minimum Gasteiger partial charge on any atom is -0.462 e. The summed E-state index contributed by atoms with van der Waals surface area (Å²) in [6.45, 7) is 4.19. The lowest BCUT2D eigenvalue weighted by atomic mass is 10.0. The highest BCUT2D eigenvalue weighted by Crippen LogP contribution is 2.43. The quantitative estimate of drug-likeness (QED) is 0.0211. The molecule has 0 fully saturated rings. The summed E-state index contributed by atoms with van der Waals surface area (Å²) in [5.74, 6) is -0.816. The van der Waals surface area contributed by atoms with Crippen LogP contribution in [0.4, 0.5) is 0 Å². The number of likely N-dealkylation sites (N-methyl/N-ethyl adjacent to an activating group) is 1. The van der Waals surface area contributed by atoms with Crippen molar-refractivity contribution in [2.45, 2.75) is 277 Å². The number of esters is 2. The molecule has 0 saturated heterocycles. The van der Waals surface area contributed by atoms with Crippen molar-refractivity contribution in [1.29, 1.82) is 0 Å². The molecule has 0 bridgehead atoms. The molecule has 9 nitrogen and oxygen atoms in total. The fourth-order valence-corrected chi connectivity index (χ4v) is 10.1. The maximum absolute atomic E-state index is 12.9. The second-order valence-corrected chi connectivity index (χ2v) is 26.0. The third-order valence-electron chi connectivity index (χ3n) is 14.7. The summed E-state index contributed by atoms with van der Waals surface area (Å²) in [6.07, 6.45) is 105. The average molecular weight is 1270 g/mol. The van der Waals surface area contributed by atoms with Crippen LogP contribution >= 0.6 is 7.82 Å². The molecule has 0 spiro atoms. The topological polar surface area (TPSA) is 108 Å².